The van der Waals surface area contributed by atoms with E-state index in [4.69, 9.17) is 0 Å². The Kier molecular flexibility index (Phi) is 5.02. The average molecular weight is 347 g/mol. The third-order valence-corrected chi connectivity index (χ3v) is 4.19. The lowest BCUT2D eigenvalue weighted by Crippen LogP contribution is -2.31. The molecule has 0 aliphatic heterocycles. The third kappa shape index (κ3) is 4.08. The smallest absolute Gasteiger partial charge is 0.319 e. The number of para-hydroxylation sites is 1. The molecule has 0 saturated heterocycles. The van der Waals surface area contributed by atoms with Crippen LogP contribution in [0.1, 0.15) is 29.7 Å². The van der Waals surface area contributed by atoms with Crippen LogP contribution in [0.2, 0.25) is 0 Å². The quantitative estimate of drug-likeness (QED) is 0.811. The highest BCUT2D eigenvalue weighted by Crippen LogP contribution is 2.21. The summed E-state index contributed by atoms with van der Waals surface area (Å²) >= 11 is 3.41. The predicted octanol–water partition coefficient (Wildman–Crippen LogP) is 4.95. The standard InChI is InChI=1S/C17H19BrN2O/c1-11-8-9-14(10-12(11)2)13(3)19-17(21)20-16-7-5-4-6-15(16)18/h4-10,13H,1-3H3,(H2,19,20,21)/t13-/m0/s1. The summed E-state index contributed by atoms with van der Waals surface area (Å²) in [6, 6.07) is 13.5. The summed E-state index contributed by atoms with van der Waals surface area (Å²) in [5.41, 5.74) is 4.33. The lowest BCUT2D eigenvalue weighted by molar-refractivity contribution is 0.249. The molecule has 0 unspecified atom stereocenters. The Morgan fingerprint density at radius 2 is 1.81 bits per heavy atom. The van der Waals surface area contributed by atoms with Gasteiger partial charge in [-0.25, -0.2) is 4.79 Å². The molecule has 0 aromatic heterocycles. The molecule has 110 valence electrons. The number of hydrogen-bond donors (Lipinski definition) is 2. The molecule has 0 saturated carbocycles. The van der Waals surface area contributed by atoms with Gasteiger partial charge < -0.3 is 10.6 Å². The molecular weight excluding hydrogens is 328 g/mol. The van der Waals surface area contributed by atoms with Gasteiger partial charge in [-0.1, -0.05) is 30.3 Å². The molecule has 2 aromatic carbocycles. The van der Waals surface area contributed by atoms with Crippen LogP contribution in [0.5, 0.6) is 0 Å². The Hall–Kier alpha value is -1.81. The van der Waals surface area contributed by atoms with Crippen LogP contribution >= 0.6 is 15.9 Å². The van der Waals surface area contributed by atoms with E-state index >= 15 is 0 Å². The van der Waals surface area contributed by atoms with Crippen molar-refractivity contribution in [3.05, 3.63) is 63.6 Å². The molecule has 4 heteroatoms. The predicted molar refractivity (Wildman–Crippen MR) is 90.6 cm³/mol. The number of benzene rings is 2. The molecule has 1 atom stereocenters. The van der Waals surface area contributed by atoms with Crippen molar-refractivity contribution in [2.24, 2.45) is 0 Å². The Bertz CT molecular complexity index is 655. The Morgan fingerprint density at radius 3 is 2.48 bits per heavy atom. The van der Waals surface area contributed by atoms with E-state index in [2.05, 4.69) is 52.5 Å². The van der Waals surface area contributed by atoms with Crippen LogP contribution in [0, 0.1) is 13.8 Å². The van der Waals surface area contributed by atoms with Crippen molar-refractivity contribution in [1.29, 1.82) is 0 Å². The zero-order valence-electron chi connectivity index (χ0n) is 12.4. The molecule has 0 fully saturated rings. The maximum absolute atomic E-state index is 12.1. The molecule has 0 bridgehead atoms. The van der Waals surface area contributed by atoms with Gasteiger partial charge in [-0.2, -0.15) is 0 Å². The fraction of sp³-hybridized carbons (Fsp3) is 0.235. The molecule has 0 aliphatic rings. The fourth-order valence-electron chi connectivity index (χ4n) is 2.03. The van der Waals surface area contributed by atoms with Crippen LogP contribution < -0.4 is 10.6 Å². The van der Waals surface area contributed by atoms with Crippen LogP contribution in [-0.2, 0) is 0 Å². The normalized spacial score (nSPS) is 11.8. The van der Waals surface area contributed by atoms with Gasteiger partial charge in [0.05, 0.1) is 11.7 Å². The summed E-state index contributed by atoms with van der Waals surface area (Å²) in [4.78, 5) is 12.1. The lowest BCUT2D eigenvalue weighted by Gasteiger charge is -2.16. The molecule has 0 spiro atoms. The highest BCUT2D eigenvalue weighted by atomic mass is 79.9. The number of nitrogens with one attached hydrogen (secondary N) is 2. The zero-order valence-corrected chi connectivity index (χ0v) is 14.0. The van der Waals surface area contributed by atoms with Crippen molar-refractivity contribution in [1.82, 2.24) is 5.32 Å². The first-order chi connectivity index (χ1) is 9.97. The van der Waals surface area contributed by atoms with Gasteiger partial charge in [0.25, 0.3) is 0 Å². The van der Waals surface area contributed by atoms with Gasteiger partial charge in [-0.3, -0.25) is 0 Å². The SMILES string of the molecule is Cc1ccc([C@H](C)NC(=O)Nc2ccccc2Br)cc1C. The van der Waals surface area contributed by atoms with Gasteiger partial charge in [0.2, 0.25) is 0 Å². The van der Waals surface area contributed by atoms with Gasteiger partial charge in [0.1, 0.15) is 0 Å². The first-order valence-electron chi connectivity index (χ1n) is 6.86. The second-order valence-corrected chi connectivity index (χ2v) is 6.00. The lowest BCUT2D eigenvalue weighted by atomic mass is 10.0. The number of carbonyl (C=O) groups excluding carboxylic acids is 1. The second kappa shape index (κ2) is 6.76. The summed E-state index contributed by atoms with van der Waals surface area (Å²) in [5, 5.41) is 5.79. The second-order valence-electron chi connectivity index (χ2n) is 5.14. The highest BCUT2D eigenvalue weighted by molar-refractivity contribution is 9.10. The van der Waals surface area contributed by atoms with E-state index in [9.17, 15) is 4.79 Å². The number of amides is 2. The zero-order chi connectivity index (χ0) is 15.4. The van der Waals surface area contributed by atoms with Crippen LogP contribution in [0.15, 0.2) is 46.9 Å². The van der Waals surface area contributed by atoms with Crippen molar-refractivity contribution in [3.63, 3.8) is 0 Å². The van der Waals surface area contributed by atoms with E-state index in [1.807, 2.05) is 37.3 Å². The van der Waals surface area contributed by atoms with Crippen LogP contribution in [0.4, 0.5) is 10.5 Å². The summed E-state index contributed by atoms with van der Waals surface area (Å²) in [6.07, 6.45) is 0. The van der Waals surface area contributed by atoms with E-state index in [0.717, 1.165) is 15.7 Å². The molecule has 0 radical (unpaired) electrons. The van der Waals surface area contributed by atoms with E-state index in [1.54, 1.807) is 0 Å². The number of halogens is 1. The molecule has 2 aromatic rings. The summed E-state index contributed by atoms with van der Waals surface area (Å²) < 4.78 is 0.860. The van der Waals surface area contributed by atoms with Crippen molar-refractivity contribution < 1.29 is 4.79 Å². The molecular formula is C17H19BrN2O. The van der Waals surface area contributed by atoms with Crippen LogP contribution in [0.3, 0.4) is 0 Å². The number of anilines is 1. The topological polar surface area (TPSA) is 41.1 Å². The molecule has 0 heterocycles. The minimum atomic E-state index is -0.215. The molecule has 2 N–H and O–H groups in total. The van der Waals surface area contributed by atoms with Crippen LogP contribution in [0.25, 0.3) is 0 Å². The third-order valence-electron chi connectivity index (χ3n) is 3.50. The minimum Gasteiger partial charge on any atom is -0.331 e. The molecule has 21 heavy (non-hydrogen) atoms. The van der Waals surface area contributed by atoms with Gasteiger partial charge >= 0.3 is 6.03 Å². The summed E-state index contributed by atoms with van der Waals surface area (Å²) in [6.45, 7) is 6.13. The van der Waals surface area contributed by atoms with Crippen molar-refractivity contribution in [2.75, 3.05) is 5.32 Å². The highest BCUT2D eigenvalue weighted by Gasteiger charge is 2.11. The van der Waals surface area contributed by atoms with Gasteiger partial charge in [0, 0.05) is 4.47 Å². The summed E-state index contributed by atoms with van der Waals surface area (Å²) in [5.74, 6) is 0. The Balaban J connectivity index is 2.02. The number of urea groups is 1. The molecule has 2 amide bonds. The maximum atomic E-state index is 12.1. The van der Waals surface area contributed by atoms with E-state index in [-0.39, 0.29) is 12.1 Å². The van der Waals surface area contributed by atoms with E-state index in [1.165, 1.54) is 11.1 Å². The van der Waals surface area contributed by atoms with Crippen molar-refractivity contribution in [2.45, 2.75) is 26.8 Å². The first kappa shape index (κ1) is 15.6. The van der Waals surface area contributed by atoms with Crippen LogP contribution in [-0.4, -0.2) is 6.03 Å². The number of carbonyl (C=O) groups is 1. The number of aryl methyl sites for hydroxylation is 2. The molecule has 3 nitrogen and oxygen atoms in total. The monoisotopic (exact) mass is 346 g/mol. The Labute approximate surface area is 133 Å². The van der Waals surface area contributed by atoms with E-state index < -0.39 is 0 Å². The Morgan fingerprint density at radius 1 is 1.10 bits per heavy atom. The number of rotatable bonds is 3. The first-order valence-corrected chi connectivity index (χ1v) is 7.66. The van der Waals surface area contributed by atoms with Gasteiger partial charge in [0.15, 0.2) is 0 Å². The number of hydrogen-bond acceptors (Lipinski definition) is 1. The fourth-order valence-corrected chi connectivity index (χ4v) is 2.42. The van der Waals surface area contributed by atoms with Gasteiger partial charge in [-0.15, -0.1) is 0 Å². The molecule has 2 rings (SSSR count). The maximum Gasteiger partial charge on any atom is 0.319 e. The van der Waals surface area contributed by atoms with Gasteiger partial charge in [-0.05, 0) is 65.5 Å². The minimum absolute atomic E-state index is 0.0493. The van der Waals surface area contributed by atoms with Crippen molar-refractivity contribution >= 4 is 27.6 Å². The van der Waals surface area contributed by atoms with Crippen molar-refractivity contribution in [3.8, 4) is 0 Å². The molecule has 0 aliphatic carbocycles. The van der Waals surface area contributed by atoms with E-state index in [0.29, 0.717) is 0 Å². The summed E-state index contributed by atoms with van der Waals surface area (Å²) in [7, 11) is 0. The largest absolute Gasteiger partial charge is 0.331 e. The average Bonchev–Trinajstić information content (AvgIpc) is 2.44.